The maximum Gasteiger partial charge on any atom is 0.250 e. The van der Waals surface area contributed by atoms with Crippen LogP contribution in [-0.2, 0) is 10.0 Å². The molecular weight excluding hydrogens is 284 g/mol. The molecule has 1 aliphatic rings. The number of nitrogen functional groups attached to an aromatic ring is 1. The second kappa shape index (κ2) is 5.78. The van der Waals surface area contributed by atoms with E-state index in [1.165, 1.54) is 6.07 Å². The lowest BCUT2D eigenvalue weighted by Gasteiger charge is -2.26. The number of anilines is 1. The lowest BCUT2D eigenvalue weighted by molar-refractivity contribution is 0.0303. The summed E-state index contributed by atoms with van der Waals surface area (Å²) < 4.78 is 26.8. The summed E-state index contributed by atoms with van der Waals surface area (Å²) in [6, 6.07) is 1.43. The number of sulfonamides is 1. The van der Waals surface area contributed by atoms with E-state index in [1.54, 1.807) is 5.38 Å². The molecule has 0 aliphatic heterocycles. The van der Waals surface area contributed by atoms with Gasteiger partial charge in [0.15, 0.2) is 0 Å². The van der Waals surface area contributed by atoms with Crippen molar-refractivity contribution < 1.29 is 13.5 Å². The van der Waals surface area contributed by atoms with Crippen molar-refractivity contribution in [1.29, 1.82) is 0 Å². The number of thiophene rings is 1. The first-order valence-corrected chi connectivity index (χ1v) is 8.84. The first-order chi connectivity index (χ1) is 8.91. The summed E-state index contributed by atoms with van der Waals surface area (Å²) in [5, 5.41) is 12.0. The molecule has 0 amide bonds. The van der Waals surface area contributed by atoms with Gasteiger partial charge in [-0.1, -0.05) is 25.7 Å². The molecule has 0 atom stereocenters. The Morgan fingerprint density at radius 3 is 2.47 bits per heavy atom. The van der Waals surface area contributed by atoms with Crippen LogP contribution in [-0.4, -0.2) is 25.7 Å². The minimum absolute atomic E-state index is 0.0765. The molecule has 4 N–H and O–H groups in total. The SMILES string of the molecule is Nc1csc(S(=O)(=O)NCC2(O)CCCCCC2)c1. The average molecular weight is 304 g/mol. The van der Waals surface area contributed by atoms with Gasteiger partial charge in [0.2, 0.25) is 10.0 Å². The number of hydrogen-bond donors (Lipinski definition) is 3. The van der Waals surface area contributed by atoms with Crippen molar-refractivity contribution in [1.82, 2.24) is 4.72 Å². The first-order valence-electron chi connectivity index (χ1n) is 6.47. The van der Waals surface area contributed by atoms with Gasteiger partial charge in [-0.05, 0) is 18.9 Å². The first kappa shape index (κ1) is 14.8. The molecule has 0 bridgehead atoms. The summed E-state index contributed by atoms with van der Waals surface area (Å²) in [6.45, 7) is 0.0765. The quantitative estimate of drug-likeness (QED) is 0.738. The average Bonchev–Trinajstić information content (AvgIpc) is 2.68. The normalized spacial score (nSPS) is 20.1. The summed E-state index contributed by atoms with van der Waals surface area (Å²) in [5.74, 6) is 0. The van der Waals surface area contributed by atoms with Gasteiger partial charge in [-0.25, -0.2) is 13.1 Å². The highest BCUT2D eigenvalue weighted by atomic mass is 32.2. The zero-order valence-corrected chi connectivity index (χ0v) is 12.4. The molecule has 0 saturated heterocycles. The van der Waals surface area contributed by atoms with Gasteiger partial charge in [-0.3, -0.25) is 0 Å². The lowest BCUT2D eigenvalue weighted by Crippen LogP contribution is -2.42. The maximum absolute atomic E-state index is 12.0. The molecule has 1 aliphatic carbocycles. The van der Waals surface area contributed by atoms with Gasteiger partial charge in [-0.2, -0.15) is 0 Å². The van der Waals surface area contributed by atoms with Crippen LogP contribution in [0.25, 0.3) is 0 Å². The zero-order valence-electron chi connectivity index (χ0n) is 10.8. The number of nitrogens with one attached hydrogen (secondary N) is 1. The van der Waals surface area contributed by atoms with Gasteiger partial charge in [0.25, 0.3) is 0 Å². The number of hydrogen-bond acceptors (Lipinski definition) is 5. The topological polar surface area (TPSA) is 92.4 Å². The maximum atomic E-state index is 12.0. The Morgan fingerprint density at radius 1 is 1.32 bits per heavy atom. The van der Waals surface area contributed by atoms with Gasteiger partial charge in [0.05, 0.1) is 5.60 Å². The summed E-state index contributed by atoms with van der Waals surface area (Å²) in [7, 11) is -3.56. The Balaban J connectivity index is 2.01. The summed E-state index contributed by atoms with van der Waals surface area (Å²) in [6.07, 6.45) is 5.42. The smallest absolute Gasteiger partial charge is 0.250 e. The van der Waals surface area contributed by atoms with E-state index in [0.717, 1.165) is 37.0 Å². The fraction of sp³-hybridized carbons (Fsp3) is 0.667. The van der Waals surface area contributed by atoms with Crippen LogP contribution in [0.4, 0.5) is 5.69 Å². The van der Waals surface area contributed by atoms with E-state index in [9.17, 15) is 13.5 Å². The molecule has 0 radical (unpaired) electrons. The summed E-state index contributed by atoms with van der Waals surface area (Å²) in [4.78, 5) is 0. The van der Waals surface area contributed by atoms with Crippen molar-refractivity contribution in [3.05, 3.63) is 11.4 Å². The third-order valence-corrected chi connectivity index (χ3v) is 6.35. The molecular formula is C12H20N2O3S2. The highest BCUT2D eigenvalue weighted by Gasteiger charge is 2.30. The van der Waals surface area contributed by atoms with E-state index < -0.39 is 15.6 Å². The molecule has 1 saturated carbocycles. The van der Waals surface area contributed by atoms with Crippen LogP contribution >= 0.6 is 11.3 Å². The van der Waals surface area contributed by atoms with Gasteiger partial charge < -0.3 is 10.8 Å². The molecule has 1 fully saturated rings. The molecule has 0 spiro atoms. The van der Waals surface area contributed by atoms with E-state index in [2.05, 4.69) is 4.72 Å². The van der Waals surface area contributed by atoms with Crippen molar-refractivity contribution in [2.24, 2.45) is 0 Å². The van der Waals surface area contributed by atoms with Crippen molar-refractivity contribution in [3.8, 4) is 0 Å². The third kappa shape index (κ3) is 3.92. The second-order valence-corrected chi connectivity index (χ2v) is 8.07. The number of aliphatic hydroxyl groups is 1. The molecule has 0 aromatic carbocycles. The lowest BCUT2D eigenvalue weighted by atomic mass is 9.95. The van der Waals surface area contributed by atoms with Gasteiger partial charge >= 0.3 is 0 Å². The van der Waals surface area contributed by atoms with Crippen molar-refractivity contribution >= 4 is 27.0 Å². The Bertz CT molecular complexity index is 517. The van der Waals surface area contributed by atoms with E-state index >= 15 is 0 Å². The highest BCUT2D eigenvalue weighted by molar-refractivity contribution is 7.91. The molecule has 1 aromatic heterocycles. The van der Waals surface area contributed by atoms with Crippen LogP contribution in [0.1, 0.15) is 38.5 Å². The molecule has 7 heteroatoms. The zero-order chi connectivity index (χ0) is 13.9. The van der Waals surface area contributed by atoms with Gasteiger partial charge in [0.1, 0.15) is 4.21 Å². The fourth-order valence-electron chi connectivity index (χ4n) is 2.34. The van der Waals surface area contributed by atoms with Gasteiger partial charge in [-0.15, -0.1) is 11.3 Å². The Kier molecular flexibility index (Phi) is 4.50. The van der Waals surface area contributed by atoms with E-state index in [4.69, 9.17) is 5.73 Å². The summed E-state index contributed by atoms with van der Waals surface area (Å²) in [5.41, 5.74) is 5.06. The monoisotopic (exact) mass is 304 g/mol. The fourth-order valence-corrected chi connectivity index (χ4v) is 4.58. The highest BCUT2D eigenvalue weighted by Crippen LogP contribution is 2.27. The Hall–Kier alpha value is -0.630. The van der Waals surface area contributed by atoms with E-state index in [-0.39, 0.29) is 10.8 Å². The predicted octanol–water partition coefficient (Wildman–Crippen LogP) is 1.69. The van der Waals surface area contributed by atoms with Crippen molar-refractivity contribution in [3.63, 3.8) is 0 Å². The van der Waals surface area contributed by atoms with Crippen LogP contribution in [0.3, 0.4) is 0 Å². The van der Waals surface area contributed by atoms with Crippen molar-refractivity contribution in [2.75, 3.05) is 12.3 Å². The molecule has 0 unspecified atom stereocenters. The number of rotatable bonds is 4. The Morgan fingerprint density at radius 2 is 1.95 bits per heavy atom. The van der Waals surface area contributed by atoms with Gasteiger partial charge in [0, 0.05) is 17.6 Å². The number of nitrogens with two attached hydrogens (primary N) is 1. The van der Waals surface area contributed by atoms with Crippen LogP contribution in [0, 0.1) is 0 Å². The molecule has 19 heavy (non-hydrogen) atoms. The third-order valence-electron chi connectivity index (χ3n) is 3.49. The molecule has 1 heterocycles. The molecule has 2 rings (SSSR count). The van der Waals surface area contributed by atoms with Crippen LogP contribution < -0.4 is 10.5 Å². The predicted molar refractivity (Wildman–Crippen MR) is 76.6 cm³/mol. The molecule has 5 nitrogen and oxygen atoms in total. The molecule has 108 valence electrons. The Labute approximate surface area is 117 Å². The van der Waals surface area contributed by atoms with Crippen LogP contribution in [0.2, 0.25) is 0 Å². The van der Waals surface area contributed by atoms with Crippen LogP contribution in [0.5, 0.6) is 0 Å². The largest absolute Gasteiger partial charge is 0.398 e. The van der Waals surface area contributed by atoms with E-state index in [1.807, 2.05) is 0 Å². The minimum atomic E-state index is -3.56. The molecule has 1 aromatic rings. The second-order valence-electron chi connectivity index (χ2n) is 5.16. The summed E-state index contributed by atoms with van der Waals surface area (Å²) >= 11 is 1.09. The standard InChI is InChI=1S/C12H20N2O3S2/c13-10-7-11(18-8-10)19(16,17)14-9-12(15)5-3-1-2-4-6-12/h7-8,14-15H,1-6,9,13H2. The van der Waals surface area contributed by atoms with E-state index in [0.29, 0.717) is 18.5 Å². The van der Waals surface area contributed by atoms with Crippen LogP contribution in [0.15, 0.2) is 15.7 Å². The minimum Gasteiger partial charge on any atom is -0.398 e. The van der Waals surface area contributed by atoms with Crippen molar-refractivity contribution in [2.45, 2.75) is 48.3 Å².